The number of nitrogens with two attached hydrogens (primary N) is 1. The van der Waals surface area contributed by atoms with Crippen molar-refractivity contribution in [3.63, 3.8) is 0 Å². The van der Waals surface area contributed by atoms with Crippen molar-refractivity contribution in [3.05, 3.63) is 34.4 Å². The van der Waals surface area contributed by atoms with Gasteiger partial charge < -0.3 is 5.73 Å². The van der Waals surface area contributed by atoms with E-state index < -0.39 is 0 Å². The molecule has 0 bridgehead atoms. The lowest BCUT2D eigenvalue weighted by Gasteiger charge is -2.15. The molecule has 0 saturated carbocycles. The van der Waals surface area contributed by atoms with Crippen molar-refractivity contribution in [2.45, 2.75) is 45.6 Å². The Hall–Kier alpha value is -0.820. The van der Waals surface area contributed by atoms with Gasteiger partial charge in [0.25, 0.3) is 0 Å². The minimum atomic E-state index is 0.281. The Bertz CT molecular complexity index is 352. The van der Waals surface area contributed by atoms with Crippen LogP contribution in [0.2, 0.25) is 0 Å². The molecule has 14 heavy (non-hydrogen) atoms. The fourth-order valence-electron chi connectivity index (χ4n) is 2.58. The molecule has 0 radical (unpaired) electrons. The molecule has 0 aromatic heterocycles. The van der Waals surface area contributed by atoms with Crippen molar-refractivity contribution in [1.82, 2.24) is 0 Å². The maximum atomic E-state index is 6.12. The summed E-state index contributed by atoms with van der Waals surface area (Å²) in [5, 5.41) is 0. The normalized spacial score (nSPS) is 20.2. The summed E-state index contributed by atoms with van der Waals surface area (Å²) in [6.07, 6.45) is 2.30. The van der Waals surface area contributed by atoms with Gasteiger partial charge in [-0.2, -0.15) is 0 Å². The molecule has 2 N–H and O–H groups in total. The number of hydrogen-bond acceptors (Lipinski definition) is 1. The number of rotatable bonds is 1. The Morgan fingerprint density at radius 2 is 2.07 bits per heavy atom. The highest BCUT2D eigenvalue weighted by Crippen LogP contribution is 2.36. The molecule has 0 spiro atoms. The second kappa shape index (κ2) is 3.39. The number of benzene rings is 1. The molecule has 1 aromatic rings. The summed E-state index contributed by atoms with van der Waals surface area (Å²) in [5.74, 6) is 0.620. The first-order valence-corrected chi connectivity index (χ1v) is 5.49. The first-order chi connectivity index (χ1) is 6.61. The molecular weight excluding hydrogens is 170 g/mol. The highest BCUT2D eigenvalue weighted by atomic mass is 14.6. The summed E-state index contributed by atoms with van der Waals surface area (Å²) in [6.45, 7) is 6.69. The van der Waals surface area contributed by atoms with Gasteiger partial charge in [0.1, 0.15) is 0 Å². The van der Waals surface area contributed by atoms with E-state index >= 15 is 0 Å². The van der Waals surface area contributed by atoms with E-state index in [1.165, 1.54) is 28.7 Å². The van der Waals surface area contributed by atoms with Crippen molar-refractivity contribution in [2.75, 3.05) is 0 Å². The van der Waals surface area contributed by atoms with E-state index in [4.69, 9.17) is 5.73 Å². The van der Waals surface area contributed by atoms with Crippen LogP contribution in [0.3, 0.4) is 0 Å². The summed E-state index contributed by atoms with van der Waals surface area (Å²) in [7, 11) is 0. The van der Waals surface area contributed by atoms with Crippen LogP contribution < -0.4 is 5.73 Å². The summed E-state index contributed by atoms with van der Waals surface area (Å²) in [5.41, 5.74) is 11.9. The van der Waals surface area contributed by atoms with Gasteiger partial charge in [0, 0.05) is 6.04 Å². The van der Waals surface area contributed by atoms with Crippen LogP contribution in [0.5, 0.6) is 0 Å². The van der Waals surface area contributed by atoms with E-state index in [-0.39, 0.29) is 6.04 Å². The molecule has 1 nitrogen and oxygen atoms in total. The molecule has 0 heterocycles. The van der Waals surface area contributed by atoms with Crippen LogP contribution in [-0.4, -0.2) is 0 Å². The van der Waals surface area contributed by atoms with Crippen LogP contribution in [0.15, 0.2) is 12.1 Å². The predicted octanol–water partition coefficient (Wildman–Crippen LogP) is 3.06. The van der Waals surface area contributed by atoms with E-state index in [0.717, 1.165) is 6.42 Å². The van der Waals surface area contributed by atoms with Crippen molar-refractivity contribution in [1.29, 1.82) is 0 Å². The highest BCUT2D eigenvalue weighted by Gasteiger charge is 2.24. The van der Waals surface area contributed by atoms with E-state index in [2.05, 4.69) is 32.9 Å². The lowest BCUT2D eigenvalue weighted by atomic mass is 9.91. The summed E-state index contributed by atoms with van der Waals surface area (Å²) in [6, 6.07) is 4.78. The van der Waals surface area contributed by atoms with Gasteiger partial charge in [0.2, 0.25) is 0 Å². The lowest BCUT2D eigenvalue weighted by molar-refractivity contribution is 0.709. The maximum absolute atomic E-state index is 6.12. The van der Waals surface area contributed by atoms with Crippen molar-refractivity contribution >= 4 is 0 Å². The number of hydrogen-bond donors (Lipinski definition) is 1. The zero-order valence-corrected chi connectivity index (χ0v) is 9.30. The van der Waals surface area contributed by atoms with Gasteiger partial charge in [-0.3, -0.25) is 0 Å². The first-order valence-electron chi connectivity index (χ1n) is 5.49. The van der Waals surface area contributed by atoms with Gasteiger partial charge in [-0.25, -0.2) is 0 Å². The molecule has 1 aliphatic rings. The first kappa shape index (κ1) is 9.72. The number of fused-ring (bicyclic) bond motifs is 1. The quantitative estimate of drug-likeness (QED) is 0.722. The monoisotopic (exact) mass is 189 g/mol. The molecule has 1 unspecified atom stereocenters. The third-order valence-corrected chi connectivity index (χ3v) is 3.31. The van der Waals surface area contributed by atoms with Crippen molar-refractivity contribution in [3.8, 4) is 0 Å². The van der Waals surface area contributed by atoms with Gasteiger partial charge in [0.15, 0.2) is 0 Å². The van der Waals surface area contributed by atoms with Crippen LogP contribution in [-0.2, 0) is 6.42 Å². The largest absolute Gasteiger partial charge is 0.324 e. The smallest absolute Gasteiger partial charge is 0.0303 e. The average Bonchev–Trinajstić information content (AvgIpc) is 2.49. The van der Waals surface area contributed by atoms with Gasteiger partial charge in [-0.1, -0.05) is 26.0 Å². The van der Waals surface area contributed by atoms with Gasteiger partial charge in [-0.15, -0.1) is 0 Å². The molecule has 1 aromatic carbocycles. The average molecular weight is 189 g/mol. The minimum Gasteiger partial charge on any atom is -0.324 e. The second-order valence-electron chi connectivity index (χ2n) is 4.66. The molecule has 76 valence electrons. The topological polar surface area (TPSA) is 26.0 Å². The SMILES string of the molecule is Cc1ccc(C(C)C)c2c1C(N)CC2. The van der Waals surface area contributed by atoms with Crippen LogP contribution in [0.4, 0.5) is 0 Å². The Balaban J connectivity index is 2.59. The van der Waals surface area contributed by atoms with Gasteiger partial charge >= 0.3 is 0 Å². The highest BCUT2D eigenvalue weighted by molar-refractivity contribution is 5.46. The zero-order valence-electron chi connectivity index (χ0n) is 9.30. The Morgan fingerprint density at radius 3 is 2.71 bits per heavy atom. The molecule has 0 saturated heterocycles. The van der Waals surface area contributed by atoms with Gasteiger partial charge in [0.05, 0.1) is 0 Å². The van der Waals surface area contributed by atoms with E-state index in [0.29, 0.717) is 5.92 Å². The summed E-state index contributed by atoms with van der Waals surface area (Å²) >= 11 is 0. The molecule has 1 atom stereocenters. The second-order valence-corrected chi connectivity index (χ2v) is 4.66. The van der Waals surface area contributed by atoms with Crippen LogP contribution >= 0.6 is 0 Å². The standard InChI is InChI=1S/C13H19N/c1-8(2)10-5-4-9(3)13-11(10)6-7-12(13)14/h4-5,8,12H,6-7,14H2,1-3H3. The fraction of sp³-hybridized carbons (Fsp3) is 0.538. The molecule has 0 amide bonds. The number of aryl methyl sites for hydroxylation is 1. The fourth-order valence-corrected chi connectivity index (χ4v) is 2.58. The van der Waals surface area contributed by atoms with Crippen molar-refractivity contribution in [2.24, 2.45) is 5.73 Å². The molecule has 0 fully saturated rings. The van der Waals surface area contributed by atoms with Crippen LogP contribution in [0, 0.1) is 6.92 Å². The van der Waals surface area contributed by atoms with E-state index in [9.17, 15) is 0 Å². The minimum absolute atomic E-state index is 0.281. The molecular formula is C13H19N. The Labute approximate surface area is 86.3 Å². The Kier molecular flexibility index (Phi) is 2.36. The lowest BCUT2D eigenvalue weighted by Crippen LogP contribution is -2.07. The van der Waals surface area contributed by atoms with Crippen molar-refractivity contribution < 1.29 is 0 Å². The summed E-state index contributed by atoms with van der Waals surface area (Å²) in [4.78, 5) is 0. The van der Waals surface area contributed by atoms with Crippen LogP contribution in [0.25, 0.3) is 0 Å². The third-order valence-electron chi connectivity index (χ3n) is 3.31. The van der Waals surface area contributed by atoms with E-state index in [1.807, 2.05) is 0 Å². The third kappa shape index (κ3) is 1.36. The maximum Gasteiger partial charge on any atom is 0.0303 e. The van der Waals surface area contributed by atoms with Crippen LogP contribution in [0.1, 0.15) is 54.5 Å². The Morgan fingerprint density at radius 1 is 1.36 bits per heavy atom. The van der Waals surface area contributed by atoms with Gasteiger partial charge in [-0.05, 0) is 47.9 Å². The summed E-state index contributed by atoms with van der Waals surface area (Å²) < 4.78 is 0. The molecule has 1 heteroatoms. The molecule has 1 aliphatic carbocycles. The predicted molar refractivity (Wildman–Crippen MR) is 60.5 cm³/mol. The molecule has 2 rings (SSSR count). The molecule has 0 aliphatic heterocycles. The zero-order chi connectivity index (χ0) is 10.3. The van der Waals surface area contributed by atoms with E-state index in [1.54, 1.807) is 0 Å².